The van der Waals surface area contributed by atoms with Crippen molar-refractivity contribution in [3.05, 3.63) is 11.4 Å². The molecule has 0 saturated carbocycles. The fourth-order valence-electron chi connectivity index (χ4n) is 1.77. The van der Waals surface area contributed by atoms with E-state index in [9.17, 15) is 8.42 Å². The lowest BCUT2D eigenvalue weighted by atomic mass is 10.1. The van der Waals surface area contributed by atoms with Crippen LogP contribution in [0.1, 0.15) is 31.2 Å². The molecule has 1 aliphatic heterocycles. The first-order valence-corrected chi connectivity index (χ1v) is 7.13. The molecule has 0 atom stereocenters. The van der Waals surface area contributed by atoms with Gasteiger partial charge < -0.3 is 5.32 Å². The van der Waals surface area contributed by atoms with Crippen LogP contribution >= 0.6 is 0 Å². The second-order valence-corrected chi connectivity index (χ2v) is 6.23. The minimum absolute atomic E-state index is 0.0568. The third-order valence-electron chi connectivity index (χ3n) is 2.53. The van der Waals surface area contributed by atoms with Gasteiger partial charge in [0.2, 0.25) is 15.0 Å². The number of nitrogens with zero attached hydrogens (tertiary/aromatic N) is 2. The molecule has 16 heavy (non-hydrogen) atoms. The lowest BCUT2D eigenvalue weighted by molar-refractivity contribution is 0.590. The second kappa shape index (κ2) is 3.69. The van der Waals surface area contributed by atoms with Crippen LogP contribution in [0.15, 0.2) is 5.16 Å². The molecule has 0 unspecified atom stereocenters. The van der Waals surface area contributed by atoms with Crippen LogP contribution in [0.4, 0.5) is 5.69 Å². The van der Waals surface area contributed by atoms with Crippen molar-refractivity contribution in [1.82, 2.24) is 9.97 Å². The topological polar surface area (TPSA) is 72.0 Å². The van der Waals surface area contributed by atoms with Crippen molar-refractivity contribution in [3.63, 3.8) is 0 Å². The molecule has 0 saturated heterocycles. The van der Waals surface area contributed by atoms with E-state index in [4.69, 9.17) is 0 Å². The average molecular weight is 241 g/mol. The fraction of sp³-hybridized carbons (Fsp3) is 0.600. The number of anilines is 1. The standard InChI is InChI=1S/C10H15N3O2S/c1-6(2)8-9-7(4-5-11-9)12-10(13-8)16(3,14)15/h6,11H,4-5H2,1-3H3. The van der Waals surface area contributed by atoms with Crippen molar-refractivity contribution in [2.75, 3.05) is 18.1 Å². The second-order valence-electron chi connectivity index (χ2n) is 4.32. The maximum absolute atomic E-state index is 11.5. The third kappa shape index (κ3) is 1.89. The Morgan fingerprint density at radius 1 is 1.31 bits per heavy atom. The number of hydrogen-bond acceptors (Lipinski definition) is 5. The van der Waals surface area contributed by atoms with E-state index in [1.54, 1.807) is 0 Å². The summed E-state index contributed by atoms with van der Waals surface area (Å²) in [7, 11) is -3.33. The molecule has 88 valence electrons. The van der Waals surface area contributed by atoms with E-state index in [1.165, 1.54) is 0 Å². The largest absolute Gasteiger partial charge is 0.382 e. The van der Waals surface area contributed by atoms with Crippen molar-refractivity contribution in [3.8, 4) is 0 Å². The summed E-state index contributed by atoms with van der Waals surface area (Å²) in [5.41, 5.74) is 2.53. The molecule has 0 radical (unpaired) electrons. The molecule has 2 rings (SSSR count). The highest BCUT2D eigenvalue weighted by Gasteiger charge is 2.23. The van der Waals surface area contributed by atoms with Gasteiger partial charge in [-0.3, -0.25) is 0 Å². The lowest BCUT2D eigenvalue weighted by Crippen LogP contribution is -2.10. The highest BCUT2D eigenvalue weighted by Crippen LogP contribution is 2.29. The fourth-order valence-corrected chi connectivity index (χ4v) is 2.31. The summed E-state index contributed by atoms with van der Waals surface area (Å²) in [6.07, 6.45) is 1.90. The van der Waals surface area contributed by atoms with Gasteiger partial charge in [0.05, 0.1) is 17.1 Å². The zero-order valence-electron chi connectivity index (χ0n) is 9.61. The Labute approximate surface area is 95.2 Å². The quantitative estimate of drug-likeness (QED) is 0.781. The van der Waals surface area contributed by atoms with Crippen molar-refractivity contribution in [2.24, 2.45) is 0 Å². The summed E-state index contributed by atoms with van der Waals surface area (Å²) in [6, 6.07) is 0. The Balaban J connectivity index is 2.66. The Hall–Kier alpha value is -1.17. The van der Waals surface area contributed by atoms with E-state index in [1.807, 2.05) is 13.8 Å². The van der Waals surface area contributed by atoms with Gasteiger partial charge in [0, 0.05) is 19.2 Å². The molecule has 6 heteroatoms. The Morgan fingerprint density at radius 2 is 2.00 bits per heavy atom. The summed E-state index contributed by atoms with van der Waals surface area (Å²) in [5.74, 6) is 0.183. The molecule has 0 spiro atoms. The van der Waals surface area contributed by atoms with Crippen LogP contribution < -0.4 is 5.32 Å². The van der Waals surface area contributed by atoms with E-state index < -0.39 is 9.84 Å². The van der Waals surface area contributed by atoms with Crippen LogP contribution in [0.3, 0.4) is 0 Å². The number of nitrogens with one attached hydrogen (secondary N) is 1. The van der Waals surface area contributed by atoms with Gasteiger partial charge in [0.25, 0.3) is 0 Å². The van der Waals surface area contributed by atoms with Gasteiger partial charge in [-0.25, -0.2) is 18.4 Å². The first-order chi connectivity index (χ1) is 7.39. The van der Waals surface area contributed by atoms with Gasteiger partial charge >= 0.3 is 0 Å². The summed E-state index contributed by atoms with van der Waals surface area (Å²) >= 11 is 0. The number of fused-ring (bicyclic) bond motifs is 1. The van der Waals surface area contributed by atoms with Crippen LogP contribution in [0.25, 0.3) is 0 Å². The predicted octanol–water partition coefficient (Wildman–Crippen LogP) is 0.972. The maximum atomic E-state index is 11.5. The van der Waals surface area contributed by atoms with Crippen molar-refractivity contribution in [1.29, 1.82) is 0 Å². The Morgan fingerprint density at radius 3 is 2.56 bits per heavy atom. The molecule has 1 aromatic heterocycles. The summed E-state index contributed by atoms with van der Waals surface area (Å²) in [4.78, 5) is 8.26. The van der Waals surface area contributed by atoms with Crippen LogP contribution in [-0.2, 0) is 16.3 Å². The van der Waals surface area contributed by atoms with E-state index >= 15 is 0 Å². The lowest BCUT2D eigenvalue weighted by Gasteiger charge is -2.11. The van der Waals surface area contributed by atoms with E-state index in [-0.39, 0.29) is 11.1 Å². The minimum atomic E-state index is -3.33. The first kappa shape index (κ1) is 11.3. The summed E-state index contributed by atoms with van der Waals surface area (Å²) in [6.45, 7) is 4.79. The molecule has 0 aliphatic carbocycles. The number of aromatic nitrogens is 2. The van der Waals surface area contributed by atoms with Gasteiger partial charge in [-0.05, 0) is 5.92 Å². The maximum Gasteiger partial charge on any atom is 0.247 e. The molecular formula is C10H15N3O2S. The molecular weight excluding hydrogens is 226 g/mol. The zero-order valence-corrected chi connectivity index (χ0v) is 10.4. The molecule has 0 aromatic carbocycles. The molecule has 2 heterocycles. The molecule has 5 nitrogen and oxygen atoms in total. The smallest absolute Gasteiger partial charge is 0.247 e. The van der Waals surface area contributed by atoms with Crippen LogP contribution in [0.2, 0.25) is 0 Å². The van der Waals surface area contributed by atoms with Gasteiger partial charge in [-0.15, -0.1) is 0 Å². The van der Waals surface area contributed by atoms with Crippen LogP contribution in [0.5, 0.6) is 0 Å². The molecule has 1 N–H and O–H groups in total. The third-order valence-corrected chi connectivity index (χ3v) is 3.38. The molecule has 1 aromatic rings. The summed E-state index contributed by atoms with van der Waals surface area (Å²) < 4.78 is 22.9. The molecule has 0 amide bonds. The number of hydrogen-bond donors (Lipinski definition) is 1. The molecule has 1 aliphatic rings. The Kier molecular flexibility index (Phi) is 2.61. The normalized spacial score (nSPS) is 15.0. The highest BCUT2D eigenvalue weighted by atomic mass is 32.2. The average Bonchev–Trinajstić information content (AvgIpc) is 2.61. The van der Waals surface area contributed by atoms with Crippen molar-refractivity contribution >= 4 is 15.5 Å². The van der Waals surface area contributed by atoms with Crippen molar-refractivity contribution in [2.45, 2.75) is 31.3 Å². The SMILES string of the molecule is CC(C)c1nc(S(C)(=O)=O)nc2c1NCC2. The van der Waals surface area contributed by atoms with E-state index in [2.05, 4.69) is 15.3 Å². The minimum Gasteiger partial charge on any atom is -0.382 e. The van der Waals surface area contributed by atoms with E-state index in [0.29, 0.717) is 0 Å². The highest BCUT2D eigenvalue weighted by molar-refractivity contribution is 7.90. The Bertz CT molecular complexity index is 523. The van der Waals surface area contributed by atoms with Gasteiger partial charge in [-0.1, -0.05) is 13.8 Å². The van der Waals surface area contributed by atoms with E-state index in [0.717, 1.165) is 36.3 Å². The first-order valence-electron chi connectivity index (χ1n) is 5.24. The molecule has 0 bridgehead atoms. The molecule has 0 fully saturated rings. The monoisotopic (exact) mass is 241 g/mol. The van der Waals surface area contributed by atoms with Gasteiger partial charge in [0.1, 0.15) is 0 Å². The van der Waals surface area contributed by atoms with Crippen LogP contribution in [0, 0.1) is 0 Å². The van der Waals surface area contributed by atoms with Crippen molar-refractivity contribution < 1.29 is 8.42 Å². The summed E-state index contributed by atoms with van der Waals surface area (Å²) in [5, 5.41) is 3.15. The van der Waals surface area contributed by atoms with Crippen LogP contribution in [-0.4, -0.2) is 31.2 Å². The number of rotatable bonds is 2. The predicted molar refractivity (Wildman–Crippen MR) is 61.4 cm³/mol. The van der Waals surface area contributed by atoms with Gasteiger partial charge in [0.15, 0.2) is 0 Å². The van der Waals surface area contributed by atoms with Gasteiger partial charge in [-0.2, -0.15) is 0 Å². The number of sulfone groups is 1. The zero-order chi connectivity index (χ0) is 11.9.